The molecule has 2 aromatic carbocycles. The van der Waals surface area contributed by atoms with Gasteiger partial charge in [-0.1, -0.05) is 18.2 Å². The van der Waals surface area contributed by atoms with Gasteiger partial charge in [0.2, 0.25) is 0 Å². The molecule has 2 rings (SSSR count). The summed E-state index contributed by atoms with van der Waals surface area (Å²) in [6.07, 6.45) is 0. The average Bonchev–Trinajstić information content (AvgIpc) is 2.46. The van der Waals surface area contributed by atoms with Gasteiger partial charge in [-0.2, -0.15) is 10.2 Å². The Morgan fingerprint density at radius 1 is 0.810 bits per heavy atom. The maximum absolute atomic E-state index is 5.71. The van der Waals surface area contributed by atoms with E-state index in [0.717, 1.165) is 28.2 Å². The summed E-state index contributed by atoms with van der Waals surface area (Å²) in [5.41, 5.74) is 1.67. The molecule has 0 bridgehead atoms. The Bertz CT molecular complexity index is 571. The van der Waals surface area contributed by atoms with Crippen molar-refractivity contribution in [2.24, 2.45) is 10.2 Å². The fourth-order valence-corrected chi connectivity index (χ4v) is 1.66. The first-order valence-corrected chi connectivity index (χ1v) is 7.03. The van der Waals surface area contributed by atoms with Crippen molar-refractivity contribution >= 4 is 11.4 Å². The van der Waals surface area contributed by atoms with Crippen LogP contribution in [0.1, 0.15) is 0 Å². The van der Waals surface area contributed by atoms with E-state index in [1.165, 1.54) is 0 Å². The molecule has 21 heavy (non-hydrogen) atoms. The largest absolute Gasteiger partial charge is 0.488 e. The average molecular weight is 284 g/mol. The second kappa shape index (κ2) is 6.99. The lowest BCUT2D eigenvalue weighted by Crippen LogP contribution is -2.38. The maximum atomic E-state index is 5.71. The number of hydrogen-bond acceptors (Lipinski definition) is 3. The Hall–Kier alpha value is -2.20. The molecule has 0 saturated heterocycles. The van der Waals surface area contributed by atoms with Crippen LogP contribution in [0.4, 0.5) is 11.4 Å². The van der Waals surface area contributed by atoms with Crippen molar-refractivity contribution in [3.63, 3.8) is 0 Å². The van der Waals surface area contributed by atoms with Gasteiger partial charge in [0.1, 0.15) is 18.9 Å². The molecular formula is C17H22N3O+. The van der Waals surface area contributed by atoms with Crippen molar-refractivity contribution in [1.82, 2.24) is 0 Å². The third kappa shape index (κ3) is 5.75. The predicted molar refractivity (Wildman–Crippen MR) is 85.5 cm³/mol. The lowest BCUT2D eigenvalue weighted by atomic mass is 10.3. The highest BCUT2D eigenvalue weighted by Gasteiger charge is 2.06. The van der Waals surface area contributed by atoms with Gasteiger partial charge in [0.05, 0.1) is 32.5 Å². The Morgan fingerprint density at radius 3 is 1.95 bits per heavy atom. The van der Waals surface area contributed by atoms with E-state index in [1.807, 2.05) is 54.6 Å². The normalized spacial score (nSPS) is 11.8. The van der Waals surface area contributed by atoms with Crippen molar-refractivity contribution in [3.05, 3.63) is 54.6 Å². The summed E-state index contributed by atoms with van der Waals surface area (Å²) >= 11 is 0. The number of hydrogen-bond donors (Lipinski definition) is 0. The number of ether oxygens (including phenoxy) is 1. The zero-order chi connectivity index (χ0) is 15.1. The smallest absolute Gasteiger partial charge is 0.137 e. The van der Waals surface area contributed by atoms with Crippen molar-refractivity contribution in [2.45, 2.75) is 0 Å². The van der Waals surface area contributed by atoms with E-state index in [2.05, 4.69) is 31.4 Å². The Balaban J connectivity index is 1.89. The molecule has 0 fully saturated rings. The SMILES string of the molecule is C[N+](C)(C)CCOc1ccc(N=Nc2ccccc2)cc1. The Kier molecular flexibility index (Phi) is 5.06. The van der Waals surface area contributed by atoms with E-state index in [9.17, 15) is 0 Å². The highest BCUT2D eigenvalue weighted by molar-refractivity contribution is 5.42. The van der Waals surface area contributed by atoms with Crippen molar-refractivity contribution < 1.29 is 9.22 Å². The van der Waals surface area contributed by atoms with Crippen LogP contribution in [0.25, 0.3) is 0 Å². The van der Waals surface area contributed by atoms with Crippen LogP contribution >= 0.6 is 0 Å². The standard InChI is InChI=1S/C17H22N3O/c1-20(2,3)13-14-21-17-11-9-16(10-12-17)19-18-15-7-5-4-6-8-15/h4-12H,13-14H2,1-3H3/q+1. The third-order valence-corrected chi connectivity index (χ3v) is 2.90. The summed E-state index contributed by atoms with van der Waals surface area (Å²) < 4.78 is 6.60. The highest BCUT2D eigenvalue weighted by atomic mass is 16.5. The molecular weight excluding hydrogens is 262 g/mol. The van der Waals surface area contributed by atoms with Gasteiger partial charge >= 0.3 is 0 Å². The zero-order valence-corrected chi connectivity index (χ0v) is 12.9. The van der Waals surface area contributed by atoms with Crippen LogP contribution < -0.4 is 4.74 Å². The summed E-state index contributed by atoms with van der Waals surface area (Å²) in [4.78, 5) is 0. The lowest BCUT2D eigenvalue weighted by molar-refractivity contribution is -0.870. The van der Waals surface area contributed by atoms with Crippen LogP contribution in [0.2, 0.25) is 0 Å². The monoisotopic (exact) mass is 284 g/mol. The summed E-state index contributed by atoms with van der Waals surface area (Å²) in [7, 11) is 6.45. The van der Waals surface area contributed by atoms with Crippen molar-refractivity contribution in [1.29, 1.82) is 0 Å². The quantitative estimate of drug-likeness (QED) is 0.578. The van der Waals surface area contributed by atoms with Crippen LogP contribution in [-0.2, 0) is 0 Å². The Labute approximate surface area is 126 Å². The van der Waals surface area contributed by atoms with Gasteiger partial charge < -0.3 is 9.22 Å². The van der Waals surface area contributed by atoms with E-state index in [-0.39, 0.29) is 0 Å². The van der Waals surface area contributed by atoms with E-state index >= 15 is 0 Å². The maximum Gasteiger partial charge on any atom is 0.137 e. The second-order valence-corrected chi connectivity index (χ2v) is 5.89. The summed E-state index contributed by atoms with van der Waals surface area (Å²) in [5, 5.41) is 8.39. The minimum atomic E-state index is 0.703. The van der Waals surface area contributed by atoms with E-state index in [0.29, 0.717) is 6.61 Å². The van der Waals surface area contributed by atoms with E-state index in [4.69, 9.17) is 4.74 Å². The van der Waals surface area contributed by atoms with Gasteiger partial charge in [0.15, 0.2) is 0 Å². The minimum Gasteiger partial charge on any atom is -0.488 e. The first-order chi connectivity index (χ1) is 10.0. The van der Waals surface area contributed by atoms with Crippen molar-refractivity contribution in [3.8, 4) is 5.75 Å². The summed E-state index contributed by atoms with van der Waals surface area (Å²) in [5.74, 6) is 0.863. The van der Waals surface area contributed by atoms with Crippen LogP contribution in [-0.4, -0.2) is 38.8 Å². The number of benzene rings is 2. The molecule has 0 saturated carbocycles. The number of quaternary nitrogens is 1. The van der Waals surface area contributed by atoms with Crippen LogP contribution in [0, 0.1) is 0 Å². The van der Waals surface area contributed by atoms with Crippen LogP contribution in [0.3, 0.4) is 0 Å². The molecule has 4 nitrogen and oxygen atoms in total. The van der Waals surface area contributed by atoms with E-state index in [1.54, 1.807) is 0 Å². The topological polar surface area (TPSA) is 34.0 Å². The van der Waals surface area contributed by atoms with Gasteiger partial charge in [-0.3, -0.25) is 0 Å². The first-order valence-electron chi connectivity index (χ1n) is 7.03. The molecule has 2 aromatic rings. The summed E-state index contributed by atoms with van der Waals surface area (Å²) in [6.45, 7) is 1.67. The fourth-order valence-electron chi connectivity index (χ4n) is 1.66. The van der Waals surface area contributed by atoms with E-state index < -0.39 is 0 Å². The van der Waals surface area contributed by atoms with Gasteiger partial charge in [0, 0.05) is 0 Å². The third-order valence-electron chi connectivity index (χ3n) is 2.90. The lowest BCUT2D eigenvalue weighted by Gasteiger charge is -2.23. The number of nitrogens with zero attached hydrogens (tertiary/aromatic N) is 3. The van der Waals surface area contributed by atoms with Crippen LogP contribution in [0.5, 0.6) is 5.75 Å². The molecule has 0 heterocycles. The molecule has 0 aromatic heterocycles. The molecule has 0 aliphatic heterocycles. The second-order valence-electron chi connectivity index (χ2n) is 5.89. The molecule has 0 spiro atoms. The Morgan fingerprint density at radius 2 is 1.38 bits per heavy atom. The molecule has 110 valence electrons. The molecule has 0 unspecified atom stereocenters. The number of rotatable bonds is 6. The number of azo groups is 1. The highest BCUT2D eigenvalue weighted by Crippen LogP contribution is 2.21. The molecule has 0 radical (unpaired) electrons. The van der Waals surface area contributed by atoms with Gasteiger partial charge in [0.25, 0.3) is 0 Å². The zero-order valence-electron chi connectivity index (χ0n) is 12.9. The van der Waals surface area contributed by atoms with Gasteiger partial charge in [-0.25, -0.2) is 0 Å². The van der Waals surface area contributed by atoms with Crippen molar-refractivity contribution in [2.75, 3.05) is 34.3 Å². The van der Waals surface area contributed by atoms with Gasteiger partial charge in [-0.15, -0.1) is 0 Å². The molecule has 0 amide bonds. The van der Waals surface area contributed by atoms with Crippen LogP contribution in [0.15, 0.2) is 64.8 Å². The summed E-state index contributed by atoms with van der Waals surface area (Å²) in [6, 6.07) is 17.4. The predicted octanol–water partition coefficient (Wildman–Crippen LogP) is 4.19. The molecule has 0 N–H and O–H groups in total. The molecule has 0 atom stereocenters. The molecule has 0 aliphatic carbocycles. The molecule has 4 heteroatoms. The first kappa shape index (κ1) is 15.2. The molecule has 0 aliphatic rings. The number of likely N-dealkylation sites (N-methyl/N-ethyl adjacent to an activating group) is 1. The van der Waals surface area contributed by atoms with Gasteiger partial charge in [-0.05, 0) is 36.4 Å². The minimum absolute atomic E-state index is 0.703. The fraction of sp³-hybridized carbons (Fsp3) is 0.294.